The Bertz CT molecular complexity index is 579. The molecule has 1 fully saturated rings. The lowest BCUT2D eigenvalue weighted by molar-refractivity contribution is -0.122. The number of allylic oxidation sites excluding steroid dienone is 2. The number of aromatic hydroxyl groups is 1. The number of hydrogen-bond donors (Lipinski definition) is 1. The average Bonchev–Trinajstić information content (AvgIpc) is 2.63. The van der Waals surface area contributed by atoms with Gasteiger partial charge in [0.15, 0.2) is 0 Å². The monoisotopic (exact) mass is 277 g/mol. The van der Waals surface area contributed by atoms with Crippen LogP contribution in [-0.2, 0) is 9.59 Å². The minimum Gasteiger partial charge on any atom is -0.508 e. The van der Waals surface area contributed by atoms with Crippen molar-refractivity contribution in [2.75, 3.05) is 4.90 Å². The number of fused-ring (bicyclic) bond motifs is 1. The third-order valence-corrected chi connectivity index (χ3v) is 3.99. The summed E-state index contributed by atoms with van der Waals surface area (Å²) in [6.45, 7) is 0. The van der Waals surface area contributed by atoms with Gasteiger partial charge in [0.1, 0.15) is 5.75 Å². The summed E-state index contributed by atoms with van der Waals surface area (Å²) in [6, 6.07) is 6.06. The van der Waals surface area contributed by atoms with E-state index in [4.69, 9.17) is 11.6 Å². The number of nitrogens with zero attached hydrogens (tertiary/aromatic N) is 1. The highest BCUT2D eigenvalue weighted by Gasteiger charge is 2.48. The number of amides is 2. The summed E-state index contributed by atoms with van der Waals surface area (Å²) in [4.78, 5) is 25.9. The van der Waals surface area contributed by atoms with Gasteiger partial charge in [-0.3, -0.25) is 14.5 Å². The van der Waals surface area contributed by atoms with Gasteiger partial charge in [-0.05, 0) is 37.1 Å². The van der Waals surface area contributed by atoms with Crippen LogP contribution in [0.5, 0.6) is 5.75 Å². The standard InChI is InChI=1S/C14H12ClNO3/c15-8-1-6-11-12(7-8)14(19)16(13(11)18)9-2-4-10(17)5-3-9/h1-5,11-12,17H,6-7H2. The molecular formula is C14H12ClNO3. The Morgan fingerprint density at radius 3 is 2.42 bits per heavy atom. The van der Waals surface area contributed by atoms with Crippen molar-refractivity contribution in [1.82, 2.24) is 0 Å². The van der Waals surface area contributed by atoms with Crippen molar-refractivity contribution in [3.05, 3.63) is 35.4 Å². The molecule has 1 heterocycles. The van der Waals surface area contributed by atoms with E-state index in [-0.39, 0.29) is 29.4 Å². The minimum absolute atomic E-state index is 0.102. The number of hydrogen-bond acceptors (Lipinski definition) is 3. The first-order valence-electron chi connectivity index (χ1n) is 6.09. The van der Waals surface area contributed by atoms with Crippen LogP contribution in [-0.4, -0.2) is 16.9 Å². The summed E-state index contributed by atoms with van der Waals surface area (Å²) >= 11 is 5.96. The van der Waals surface area contributed by atoms with Gasteiger partial charge >= 0.3 is 0 Å². The SMILES string of the molecule is O=C1C2CC=C(Cl)CC2C(=O)N1c1ccc(O)cc1. The molecule has 98 valence electrons. The van der Waals surface area contributed by atoms with Gasteiger partial charge < -0.3 is 5.11 Å². The molecule has 3 rings (SSSR count). The molecule has 2 amide bonds. The van der Waals surface area contributed by atoms with Crippen molar-refractivity contribution in [3.63, 3.8) is 0 Å². The fraction of sp³-hybridized carbons (Fsp3) is 0.286. The van der Waals surface area contributed by atoms with Gasteiger partial charge in [0, 0.05) is 5.03 Å². The maximum atomic E-state index is 12.3. The van der Waals surface area contributed by atoms with E-state index in [9.17, 15) is 14.7 Å². The summed E-state index contributed by atoms with van der Waals surface area (Å²) in [5, 5.41) is 9.91. The molecule has 19 heavy (non-hydrogen) atoms. The molecule has 1 aliphatic heterocycles. The molecule has 0 spiro atoms. The fourth-order valence-electron chi connectivity index (χ4n) is 2.68. The third-order valence-electron chi connectivity index (χ3n) is 3.68. The lowest BCUT2D eigenvalue weighted by atomic mass is 9.85. The van der Waals surface area contributed by atoms with E-state index in [1.54, 1.807) is 12.1 Å². The van der Waals surface area contributed by atoms with E-state index in [0.717, 1.165) is 0 Å². The van der Waals surface area contributed by atoms with Crippen molar-refractivity contribution in [1.29, 1.82) is 0 Å². The van der Waals surface area contributed by atoms with Crippen molar-refractivity contribution in [2.45, 2.75) is 12.8 Å². The van der Waals surface area contributed by atoms with E-state index >= 15 is 0 Å². The lowest BCUT2D eigenvalue weighted by Gasteiger charge is -2.17. The lowest BCUT2D eigenvalue weighted by Crippen LogP contribution is -2.30. The second-order valence-corrected chi connectivity index (χ2v) is 5.32. The van der Waals surface area contributed by atoms with Crippen LogP contribution in [0.2, 0.25) is 0 Å². The van der Waals surface area contributed by atoms with E-state index < -0.39 is 0 Å². The first-order valence-corrected chi connectivity index (χ1v) is 6.47. The van der Waals surface area contributed by atoms with Crippen LogP contribution in [0.15, 0.2) is 35.4 Å². The summed E-state index contributed by atoms with van der Waals surface area (Å²) < 4.78 is 0. The molecule has 2 unspecified atom stereocenters. The number of benzene rings is 1. The molecule has 1 aliphatic carbocycles. The van der Waals surface area contributed by atoms with Gasteiger partial charge in [0.2, 0.25) is 11.8 Å². The Labute approximate surface area is 115 Å². The highest BCUT2D eigenvalue weighted by Crippen LogP contribution is 2.40. The van der Waals surface area contributed by atoms with Crippen LogP contribution < -0.4 is 4.90 Å². The molecule has 1 aromatic carbocycles. The molecule has 0 saturated carbocycles. The van der Waals surface area contributed by atoms with Gasteiger partial charge in [-0.25, -0.2) is 0 Å². The highest BCUT2D eigenvalue weighted by molar-refractivity contribution is 6.30. The average molecular weight is 278 g/mol. The van der Waals surface area contributed by atoms with Crippen LogP contribution in [0, 0.1) is 11.8 Å². The number of anilines is 1. The van der Waals surface area contributed by atoms with Gasteiger partial charge in [-0.15, -0.1) is 0 Å². The highest BCUT2D eigenvalue weighted by atomic mass is 35.5. The van der Waals surface area contributed by atoms with Crippen LogP contribution >= 0.6 is 11.6 Å². The van der Waals surface area contributed by atoms with E-state index in [1.165, 1.54) is 17.0 Å². The number of phenolic OH excluding ortho intramolecular Hbond substituents is 1. The minimum atomic E-state index is -0.348. The van der Waals surface area contributed by atoms with Gasteiger partial charge in [0.05, 0.1) is 17.5 Å². The predicted octanol–water partition coefficient (Wildman–Crippen LogP) is 2.41. The molecule has 5 heteroatoms. The van der Waals surface area contributed by atoms with E-state index in [1.807, 2.05) is 6.08 Å². The fourth-order valence-corrected chi connectivity index (χ4v) is 2.94. The van der Waals surface area contributed by atoms with Crippen LogP contribution in [0.4, 0.5) is 5.69 Å². The summed E-state index contributed by atoms with van der Waals surface area (Å²) in [6.07, 6.45) is 2.77. The quantitative estimate of drug-likeness (QED) is 0.802. The second kappa shape index (κ2) is 4.38. The smallest absolute Gasteiger partial charge is 0.238 e. The molecule has 4 nitrogen and oxygen atoms in total. The zero-order valence-corrected chi connectivity index (χ0v) is 10.8. The van der Waals surface area contributed by atoms with Crippen molar-refractivity contribution in [3.8, 4) is 5.75 Å². The van der Waals surface area contributed by atoms with Crippen molar-refractivity contribution >= 4 is 29.1 Å². The largest absolute Gasteiger partial charge is 0.508 e. The van der Waals surface area contributed by atoms with Crippen LogP contribution in [0.1, 0.15) is 12.8 Å². The number of imide groups is 1. The Morgan fingerprint density at radius 2 is 1.74 bits per heavy atom. The summed E-state index contributed by atoms with van der Waals surface area (Å²) in [5.74, 6) is -0.930. The van der Waals surface area contributed by atoms with Crippen LogP contribution in [0.25, 0.3) is 0 Å². The second-order valence-electron chi connectivity index (χ2n) is 4.83. The zero-order valence-electron chi connectivity index (χ0n) is 10.0. The molecule has 0 bridgehead atoms. The topological polar surface area (TPSA) is 57.6 Å². The van der Waals surface area contributed by atoms with Crippen molar-refractivity contribution in [2.24, 2.45) is 11.8 Å². The van der Waals surface area contributed by atoms with Crippen LogP contribution in [0.3, 0.4) is 0 Å². The molecule has 2 atom stereocenters. The van der Waals surface area contributed by atoms with Gasteiger partial charge in [-0.1, -0.05) is 17.7 Å². The summed E-state index contributed by atoms with van der Waals surface area (Å²) in [5.41, 5.74) is 0.498. The Hall–Kier alpha value is -1.81. The predicted molar refractivity (Wildman–Crippen MR) is 70.7 cm³/mol. The molecule has 1 N–H and O–H groups in total. The molecule has 0 radical (unpaired) electrons. The Kier molecular flexibility index (Phi) is 2.82. The normalized spacial score (nSPS) is 26.4. The van der Waals surface area contributed by atoms with E-state index in [0.29, 0.717) is 23.6 Å². The molecule has 1 aromatic rings. The number of phenols is 1. The maximum Gasteiger partial charge on any atom is 0.238 e. The molecule has 1 saturated heterocycles. The molecule has 2 aliphatic rings. The molecule has 0 aromatic heterocycles. The first kappa shape index (κ1) is 12.2. The third kappa shape index (κ3) is 1.92. The Balaban J connectivity index is 1.95. The van der Waals surface area contributed by atoms with Gasteiger partial charge in [0.25, 0.3) is 0 Å². The Morgan fingerprint density at radius 1 is 1.11 bits per heavy atom. The first-order chi connectivity index (χ1) is 9.08. The number of rotatable bonds is 1. The van der Waals surface area contributed by atoms with Crippen molar-refractivity contribution < 1.29 is 14.7 Å². The number of halogens is 1. The molecular weight excluding hydrogens is 266 g/mol. The number of carbonyl (C=O) groups excluding carboxylic acids is 2. The van der Waals surface area contributed by atoms with Gasteiger partial charge in [-0.2, -0.15) is 0 Å². The van der Waals surface area contributed by atoms with E-state index in [2.05, 4.69) is 0 Å². The summed E-state index contributed by atoms with van der Waals surface area (Å²) in [7, 11) is 0. The maximum absolute atomic E-state index is 12.3. The zero-order chi connectivity index (χ0) is 13.6. The number of carbonyl (C=O) groups is 2.